The van der Waals surface area contributed by atoms with Crippen LogP contribution in [-0.4, -0.2) is 22.4 Å². The topological polar surface area (TPSA) is 29.9 Å². The van der Waals surface area contributed by atoms with Crippen molar-refractivity contribution in [2.75, 3.05) is 6.54 Å². The van der Waals surface area contributed by atoms with E-state index in [0.29, 0.717) is 12.6 Å². The van der Waals surface area contributed by atoms with Gasteiger partial charge in [-0.05, 0) is 19.0 Å². The summed E-state index contributed by atoms with van der Waals surface area (Å²) in [4.78, 5) is 0. The second kappa shape index (κ2) is 5.34. The van der Waals surface area contributed by atoms with E-state index in [0.717, 1.165) is 19.0 Å². The zero-order valence-electron chi connectivity index (χ0n) is 9.38. The molecule has 1 aromatic heterocycles. The molecule has 0 saturated heterocycles. The van der Waals surface area contributed by atoms with Crippen molar-refractivity contribution < 1.29 is 13.2 Å². The van der Waals surface area contributed by atoms with Crippen molar-refractivity contribution in [1.82, 2.24) is 15.1 Å². The first-order chi connectivity index (χ1) is 7.39. The van der Waals surface area contributed by atoms with Crippen LogP contribution < -0.4 is 5.32 Å². The summed E-state index contributed by atoms with van der Waals surface area (Å²) in [5, 5.41) is 6.65. The first kappa shape index (κ1) is 13.0. The minimum Gasteiger partial charge on any atom is -0.314 e. The molecule has 0 amide bonds. The van der Waals surface area contributed by atoms with Gasteiger partial charge in [0.15, 0.2) is 5.69 Å². The van der Waals surface area contributed by atoms with Crippen LogP contribution in [0, 0.1) is 0 Å². The number of alkyl halides is 3. The van der Waals surface area contributed by atoms with Crippen LogP contribution in [-0.2, 0) is 12.7 Å². The molecule has 1 rings (SSSR count). The normalized spacial score (nSPS) is 12.4. The molecule has 0 saturated carbocycles. The lowest BCUT2D eigenvalue weighted by Gasteiger charge is -2.07. The summed E-state index contributed by atoms with van der Waals surface area (Å²) >= 11 is 0. The number of halogens is 3. The Balaban J connectivity index is 2.36. The molecule has 0 aliphatic rings. The Labute approximate surface area is 92.6 Å². The third kappa shape index (κ3) is 4.22. The molecule has 1 aromatic rings. The standard InChI is InChI=1S/C10H16F3N3/c1-8(2)14-5-3-6-16-7-4-9(15-16)10(11,12)13/h4,7-8,14H,3,5-6H2,1-2H3. The number of aryl methyl sites for hydroxylation is 1. The van der Waals surface area contributed by atoms with Crippen molar-refractivity contribution in [1.29, 1.82) is 0 Å². The molecule has 0 spiro atoms. The van der Waals surface area contributed by atoms with Crippen molar-refractivity contribution >= 4 is 0 Å². The Morgan fingerprint density at radius 2 is 2.12 bits per heavy atom. The van der Waals surface area contributed by atoms with Crippen molar-refractivity contribution in [3.63, 3.8) is 0 Å². The Kier molecular flexibility index (Phi) is 4.35. The fourth-order valence-electron chi connectivity index (χ4n) is 1.27. The van der Waals surface area contributed by atoms with E-state index in [2.05, 4.69) is 10.4 Å². The quantitative estimate of drug-likeness (QED) is 0.793. The Morgan fingerprint density at radius 3 is 2.62 bits per heavy atom. The average molecular weight is 235 g/mol. The van der Waals surface area contributed by atoms with Gasteiger partial charge in [0.2, 0.25) is 0 Å². The van der Waals surface area contributed by atoms with Crippen molar-refractivity contribution in [3.8, 4) is 0 Å². The number of hydrogen-bond acceptors (Lipinski definition) is 2. The van der Waals surface area contributed by atoms with Crippen molar-refractivity contribution in [2.24, 2.45) is 0 Å². The zero-order chi connectivity index (χ0) is 12.2. The molecular weight excluding hydrogens is 219 g/mol. The number of hydrogen-bond donors (Lipinski definition) is 1. The smallest absolute Gasteiger partial charge is 0.314 e. The monoisotopic (exact) mass is 235 g/mol. The van der Waals surface area contributed by atoms with E-state index in [1.54, 1.807) is 0 Å². The summed E-state index contributed by atoms with van der Waals surface area (Å²) < 4.78 is 37.9. The lowest BCUT2D eigenvalue weighted by atomic mass is 10.3. The van der Waals surface area contributed by atoms with Crippen LogP contribution in [0.25, 0.3) is 0 Å². The van der Waals surface area contributed by atoms with Crippen molar-refractivity contribution in [2.45, 2.75) is 39.0 Å². The molecule has 0 atom stereocenters. The summed E-state index contributed by atoms with van der Waals surface area (Å²) in [7, 11) is 0. The van der Waals surface area contributed by atoms with Crippen LogP contribution in [0.3, 0.4) is 0 Å². The fraction of sp³-hybridized carbons (Fsp3) is 0.700. The molecule has 0 bridgehead atoms. The highest BCUT2D eigenvalue weighted by molar-refractivity contribution is 5.03. The van der Waals surface area contributed by atoms with Crippen LogP contribution >= 0.6 is 0 Å². The summed E-state index contributed by atoms with van der Waals surface area (Å²) in [6.07, 6.45) is -2.23. The minimum absolute atomic E-state index is 0.392. The van der Waals surface area contributed by atoms with Gasteiger partial charge in [-0.2, -0.15) is 18.3 Å². The Bertz CT molecular complexity index is 317. The molecule has 0 radical (unpaired) electrons. The highest BCUT2D eigenvalue weighted by atomic mass is 19.4. The maximum Gasteiger partial charge on any atom is 0.435 e. The maximum absolute atomic E-state index is 12.2. The Hall–Kier alpha value is -1.04. The second-order valence-electron chi connectivity index (χ2n) is 3.92. The summed E-state index contributed by atoms with van der Waals surface area (Å²) in [6.45, 7) is 5.32. The lowest BCUT2D eigenvalue weighted by molar-refractivity contribution is -0.141. The van der Waals surface area contributed by atoms with E-state index in [1.165, 1.54) is 10.9 Å². The number of rotatable bonds is 5. The lowest BCUT2D eigenvalue weighted by Crippen LogP contribution is -2.24. The van der Waals surface area contributed by atoms with Crippen LogP contribution in [0.5, 0.6) is 0 Å². The summed E-state index contributed by atoms with van der Waals surface area (Å²) in [5.41, 5.74) is -0.829. The van der Waals surface area contributed by atoms with Crippen LogP contribution in [0.4, 0.5) is 13.2 Å². The van der Waals surface area contributed by atoms with Gasteiger partial charge in [-0.15, -0.1) is 0 Å². The van der Waals surface area contributed by atoms with Gasteiger partial charge in [0.05, 0.1) is 0 Å². The zero-order valence-corrected chi connectivity index (χ0v) is 9.38. The van der Waals surface area contributed by atoms with Crippen molar-refractivity contribution in [3.05, 3.63) is 18.0 Å². The van der Waals surface area contributed by atoms with Gasteiger partial charge in [-0.3, -0.25) is 4.68 Å². The van der Waals surface area contributed by atoms with E-state index in [-0.39, 0.29) is 0 Å². The fourth-order valence-corrected chi connectivity index (χ4v) is 1.27. The van der Waals surface area contributed by atoms with Crippen LogP contribution in [0.2, 0.25) is 0 Å². The predicted molar refractivity (Wildman–Crippen MR) is 55.0 cm³/mol. The molecule has 16 heavy (non-hydrogen) atoms. The van der Waals surface area contributed by atoms with Gasteiger partial charge in [-0.1, -0.05) is 13.8 Å². The van der Waals surface area contributed by atoms with Gasteiger partial charge in [0.1, 0.15) is 0 Å². The van der Waals surface area contributed by atoms with E-state index < -0.39 is 11.9 Å². The highest BCUT2D eigenvalue weighted by Gasteiger charge is 2.33. The molecule has 0 fully saturated rings. The van der Waals surface area contributed by atoms with Gasteiger partial charge in [0, 0.05) is 18.8 Å². The largest absolute Gasteiger partial charge is 0.435 e. The van der Waals surface area contributed by atoms with E-state index in [1.807, 2.05) is 13.8 Å². The predicted octanol–water partition coefficient (Wildman–Crippen LogP) is 2.29. The average Bonchev–Trinajstić information content (AvgIpc) is 2.59. The number of aromatic nitrogens is 2. The molecular formula is C10H16F3N3. The molecule has 1 heterocycles. The van der Waals surface area contributed by atoms with E-state index in [9.17, 15) is 13.2 Å². The summed E-state index contributed by atoms with van der Waals surface area (Å²) in [5.74, 6) is 0. The maximum atomic E-state index is 12.2. The molecule has 6 heteroatoms. The SMILES string of the molecule is CC(C)NCCCn1ccc(C(F)(F)F)n1. The number of nitrogens with one attached hydrogen (secondary N) is 1. The summed E-state index contributed by atoms with van der Waals surface area (Å²) in [6, 6.07) is 1.39. The molecule has 1 N–H and O–H groups in total. The molecule has 0 aromatic carbocycles. The van der Waals surface area contributed by atoms with E-state index >= 15 is 0 Å². The Morgan fingerprint density at radius 1 is 1.44 bits per heavy atom. The molecule has 0 aliphatic heterocycles. The van der Waals surface area contributed by atoms with Gasteiger partial charge in [0.25, 0.3) is 0 Å². The van der Waals surface area contributed by atoms with Crippen LogP contribution in [0.15, 0.2) is 12.3 Å². The molecule has 3 nitrogen and oxygen atoms in total. The highest BCUT2D eigenvalue weighted by Crippen LogP contribution is 2.27. The minimum atomic E-state index is -4.35. The van der Waals surface area contributed by atoms with Gasteiger partial charge in [-0.25, -0.2) is 0 Å². The first-order valence-electron chi connectivity index (χ1n) is 5.23. The van der Waals surface area contributed by atoms with Gasteiger partial charge < -0.3 is 5.32 Å². The third-order valence-corrected chi connectivity index (χ3v) is 2.05. The molecule has 92 valence electrons. The van der Waals surface area contributed by atoms with Crippen LogP contribution in [0.1, 0.15) is 26.0 Å². The van der Waals surface area contributed by atoms with Gasteiger partial charge >= 0.3 is 6.18 Å². The molecule has 0 unspecified atom stereocenters. The number of nitrogens with zero attached hydrogens (tertiary/aromatic N) is 2. The molecule has 0 aliphatic carbocycles. The first-order valence-corrected chi connectivity index (χ1v) is 5.23. The third-order valence-electron chi connectivity index (χ3n) is 2.05. The second-order valence-corrected chi connectivity index (χ2v) is 3.92. The van der Waals surface area contributed by atoms with E-state index in [4.69, 9.17) is 0 Å².